The van der Waals surface area contributed by atoms with Gasteiger partial charge in [-0.3, -0.25) is 4.68 Å². The molecule has 0 aliphatic heterocycles. The lowest BCUT2D eigenvalue weighted by atomic mass is 10.2. The molecule has 0 unspecified atom stereocenters. The smallest absolute Gasteiger partial charge is 0.162 e. The topological polar surface area (TPSA) is 64.1 Å². The van der Waals surface area contributed by atoms with Crippen molar-refractivity contribution < 1.29 is 9.63 Å². The van der Waals surface area contributed by atoms with Crippen molar-refractivity contribution in [2.24, 2.45) is 7.05 Å². The molecule has 15 heavy (non-hydrogen) atoms. The van der Waals surface area contributed by atoms with Crippen LogP contribution in [0.5, 0.6) is 0 Å². The number of nitrogens with zero attached hydrogens (tertiary/aromatic N) is 3. The molecular weight excluding hydrogens is 218 g/mol. The third-order valence-corrected chi connectivity index (χ3v) is 2.56. The summed E-state index contributed by atoms with van der Waals surface area (Å²) in [5, 5.41) is 17.3. The minimum absolute atomic E-state index is 0.177. The van der Waals surface area contributed by atoms with Crippen LogP contribution in [-0.4, -0.2) is 20.0 Å². The van der Waals surface area contributed by atoms with Crippen LogP contribution in [-0.2, 0) is 13.7 Å². The Hall–Kier alpha value is -1.33. The molecule has 5 nitrogen and oxygen atoms in total. The largest absolute Gasteiger partial charge is 0.388 e. The Morgan fingerprint density at radius 1 is 1.60 bits per heavy atom. The number of aromatic nitrogens is 3. The summed E-state index contributed by atoms with van der Waals surface area (Å²) >= 11 is 6.06. The van der Waals surface area contributed by atoms with E-state index in [4.69, 9.17) is 21.2 Å². The van der Waals surface area contributed by atoms with Crippen LogP contribution in [0.25, 0.3) is 11.3 Å². The monoisotopic (exact) mass is 227 g/mol. The molecule has 0 aliphatic carbocycles. The summed E-state index contributed by atoms with van der Waals surface area (Å²) in [4.78, 5) is 0. The van der Waals surface area contributed by atoms with Gasteiger partial charge in [-0.15, -0.1) is 0 Å². The van der Waals surface area contributed by atoms with Gasteiger partial charge in [-0.25, -0.2) is 0 Å². The average Bonchev–Trinajstić information content (AvgIpc) is 2.74. The van der Waals surface area contributed by atoms with Crippen molar-refractivity contribution in [1.82, 2.24) is 14.9 Å². The normalized spacial score (nSPS) is 10.9. The predicted octanol–water partition coefficient (Wildman–Crippen LogP) is 1.53. The fraction of sp³-hybridized carbons (Fsp3) is 0.333. The SMILES string of the molecule is Cc1nn(C)c(Cl)c1-c1cc(CO)on1. The molecule has 0 atom stereocenters. The maximum atomic E-state index is 8.85. The highest BCUT2D eigenvalue weighted by Gasteiger charge is 2.16. The van der Waals surface area contributed by atoms with Crippen LogP contribution in [0.3, 0.4) is 0 Å². The Labute approximate surface area is 91.3 Å². The van der Waals surface area contributed by atoms with Gasteiger partial charge >= 0.3 is 0 Å². The van der Waals surface area contributed by atoms with Gasteiger partial charge < -0.3 is 9.63 Å². The maximum absolute atomic E-state index is 8.85. The van der Waals surface area contributed by atoms with Crippen molar-refractivity contribution in [2.45, 2.75) is 13.5 Å². The highest BCUT2D eigenvalue weighted by atomic mass is 35.5. The summed E-state index contributed by atoms with van der Waals surface area (Å²) in [6, 6.07) is 1.65. The van der Waals surface area contributed by atoms with Gasteiger partial charge in [0.2, 0.25) is 0 Å². The number of hydrogen-bond acceptors (Lipinski definition) is 4. The zero-order valence-corrected chi connectivity index (χ0v) is 9.12. The lowest BCUT2D eigenvalue weighted by Crippen LogP contribution is -1.88. The molecular formula is C9H10ClN3O2. The van der Waals surface area contributed by atoms with E-state index < -0.39 is 0 Å². The standard InChI is InChI=1S/C9H10ClN3O2/c1-5-8(9(10)13(2)11-5)7-3-6(4-14)15-12-7/h3,14H,4H2,1-2H3. The molecule has 2 aromatic rings. The minimum atomic E-state index is -0.177. The van der Waals surface area contributed by atoms with Crippen LogP contribution in [0.2, 0.25) is 5.15 Å². The third kappa shape index (κ3) is 1.64. The van der Waals surface area contributed by atoms with E-state index in [0.29, 0.717) is 16.6 Å². The Morgan fingerprint density at radius 2 is 2.33 bits per heavy atom. The van der Waals surface area contributed by atoms with Crippen LogP contribution >= 0.6 is 11.6 Å². The van der Waals surface area contributed by atoms with Gasteiger partial charge in [-0.1, -0.05) is 16.8 Å². The molecule has 0 radical (unpaired) electrons. The Balaban J connectivity index is 2.53. The van der Waals surface area contributed by atoms with E-state index in [-0.39, 0.29) is 6.61 Å². The number of rotatable bonds is 2. The van der Waals surface area contributed by atoms with Crippen molar-refractivity contribution in [3.8, 4) is 11.3 Å². The van der Waals surface area contributed by atoms with Gasteiger partial charge in [0.1, 0.15) is 17.5 Å². The van der Waals surface area contributed by atoms with E-state index in [9.17, 15) is 0 Å². The molecule has 0 bridgehead atoms. The van der Waals surface area contributed by atoms with E-state index in [1.807, 2.05) is 6.92 Å². The van der Waals surface area contributed by atoms with E-state index in [1.54, 1.807) is 17.8 Å². The summed E-state index contributed by atoms with van der Waals surface area (Å²) in [6.07, 6.45) is 0. The predicted molar refractivity (Wildman–Crippen MR) is 54.4 cm³/mol. The third-order valence-electron chi connectivity index (χ3n) is 2.12. The molecule has 0 saturated carbocycles. The summed E-state index contributed by atoms with van der Waals surface area (Å²) in [7, 11) is 1.76. The highest BCUT2D eigenvalue weighted by molar-refractivity contribution is 6.32. The first kappa shape index (κ1) is 10.2. The quantitative estimate of drug-likeness (QED) is 0.845. The molecule has 2 rings (SSSR count). The van der Waals surface area contributed by atoms with Crippen molar-refractivity contribution in [2.75, 3.05) is 0 Å². The lowest BCUT2D eigenvalue weighted by molar-refractivity contribution is 0.229. The second kappa shape index (κ2) is 3.67. The summed E-state index contributed by atoms with van der Waals surface area (Å²) in [6.45, 7) is 1.67. The van der Waals surface area contributed by atoms with Crippen molar-refractivity contribution in [1.29, 1.82) is 0 Å². The fourth-order valence-electron chi connectivity index (χ4n) is 1.43. The summed E-state index contributed by atoms with van der Waals surface area (Å²) < 4.78 is 6.46. The van der Waals surface area contributed by atoms with Gasteiger partial charge in [0.15, 0.2) is 5.76 Å². The van der Waals surface area contributed by atoms with Gasteiger partial charge in [0.05, 0.1) is 11.3 Å². The number of aliphatic hydroxyl groups excluding tert-OH is 1. The van der Waals surface area contributed by atoms with Crippen LogP contribution in [0.4, 0.5) is 0 Å². The Morgan fingerprint density at radius 3 is 2.80 bits per heavy atom. The molecule has 2 heterocycles. The molecule has 0 aromatic carbocycles. The number of aliphatic hydroxyl groups is 1. The van der Waals surface area contributed by atoms with Gasteiger partial charge in [-0.2, -0.15) is 5.10 Å². The first-order chi connectivity index (χ1) is 7.13. The molecule has 0 fully saturated rings. The second-order valence-electron chi connectivity index (χ2n) is 3.21. The highest BCUT2D eigenvalue weighted by Crippen LogP contribution is 2.29. The van der Waals surface area contributed by atoms with E-state index in [0.717, 1.165) is 11.3 Å². The number of aryl methyl sites for hydroxylation is 2. The van der Waals surface area contributed by atoms with Crippen molar-refractivity contribution in [3.05, 3.63) is 22.7 Å². The molecule has 0 saturated heterocycles. The van der Waals surface area contributed by atoms with E-state index in [2.05, 4.69) is 10.3 Å². The van der Waals surface area contributed by atoms with Crippen LogP contribution < -0.4 is 0 Å². The zero-order chi connectivity index (χ0) is 11.0. The van der Waals surface area contributed by atoms with Gasteiger partial charge in [-0.05, 0) is 6.92 Å². The van der Waals surface area contributed by atoms with Gasteiger partial charge in [0, 0.05) is 13.1 Å². The molecule has 0 spiro atoms. The molecule has 0 amide bonds. The van der Waals surface area contributed by atoms with Crippen molar-refractivity contribution in [3.63, 3.8) is 0 Å². The number of hydrogen-bond donors (Lipinski definition) is 1. The van der Waals surface area contributed by atoms with Crippen LogP contribution in [0.1, 0.15) is 11.5 Å². The zero-order valence-electron chi connectivity index (χ0n) is 8.36. The average molecular weight is 228 g/mol. The second-order valence-corrected chi connectivity index (χ2v) is 3.57. The van der Waals surface area contributed by atoms with E-state index in [1.165, 1.54) is 0 Å². The molecule has 6 heteroatoms. The summed E-state index contributed by atoms with van der Waals surface area (Å²) in [5.74, 6) is 0.407. The Kier molecular flexibility index (Phi) is 2.50. The van der Waals surface area contributed by atoms with Crippen LogP contribution in [0.15, 0.2) is 10.6 Å². The molecule has 0 aliphatic rings. The minimum Gasteiger partial charge on any atom is -0.388 e. The maximum Gasteiger partial charge on any atom is 0.162 e. The Bertz CT molecular complexity index is 490. The summed E-state index contributed by atoms with van der Waals surface area (Å²) in [5.41, 5.74) is 2.11. The molecule has 80 valence electrons. The fourth-order valence-corrected chi connectivity index (χ4v) is 1.70. The van der Waals surface area contributed by atoms with Crippen molar-refractivity contribution >= 4 is 11.6 Å². The van der Waals surface area contributed by atoms with Crippen LogP contribution in [0, 0.1) is 6.92 Å². The van der Waals surface area contributed by atoms with E-state index >= 15 is 0 Å². The number of halogens is 1. The lowest BCUT2D eigenvalue weighted by Gasteiger charge is -1.92. The molecule has 2 aromatic heterocycles. The first-order valence-electron chi connectivity index (χ1n) is 4.39. The molecule has 1 N–H and O–H groups in total. The first-order valence-corrected chi connectivity index (χ1v) is 4.77. The van der Waals surface area contributed by atoms with Gasteiger partial charge in [0.25, 0.3) is 0 Å².